The summed E-state index contributed by atoms with van der Waals surface area (Å²) >= 11 is 0. The Balaban J connectivity index is 1.78. The van der Waals surface area contributed by atoms with Crippen molar-refractivity contribution >= 4 is 5.91 Å². The number of amides is 1. The lowest BCUT2D eigenvalue weighted by Gasteiger charge is -2.22. The number of hydrogen-bond acceptors (Lipinski definition) is 4. The number of nitrogens with zero attached hydrogens (tertiary/aromatic N) is 2. The van der Waals surface area contributed by atoms with Crippen LogP contribution in [0.25, 0.3) is 0 Å². The summed E-state index contributed by atoms with van der Waals surface area (Å²) in [6, 6.07) is 2.06. The van der Waals surface area contributed by atoms with Gasteiger partial charge in [-0.3, -0.25) is 4.79 Å². The van der Waals surface area contributed by atoms with Crippen LogP contribution in [0, 0.1) is 12.8 Å². The summed E-state index contributed by atoms with van der Waals surface area (Å²) in [6.45, 7) is 2.71. The maximum Gasteiger partial charge on any atom is 0.227 e. The highest BCUT2D eigenvalue weighted by molar-refractivity contribution is 5.83. The van der Waals surface area contributed by atoms with Gasteiger partial charge in [0.1, 0.15) is 0 Å². The fourth-order valence-electron chi connectivity index (χ4n) is 2.58. The first kappa shape index (κ1) is 10.8. The molecule has 3 unspecified atom stereocenters. The molecule has 1 aromatic rings. The van der Waals surface area contributed by atoms with Gasteiger partial charge in [0.15, 0.2) is 5.76 Å². The van der Waals surface area contributed by atoms with Crippen LogP contribution in [0.1, 0.15) is 36.8 Å². The normalized spacial score (nSPS) is 31.9. The fourth-order valence-corrected chi connectivity index (χ4v) is 2.58. The van der Waals surface area contributed by atoms with Crippen molar-refractivity contribution in [1.82, 2.24) is 10.1 Å². The lowest BCUT2D eigenvalue weighted by molar-refractivity contribution is -0.133. The molecule has 0 aromatic carbocycles. The Hall–Kier alpha value is -1.36. The molecular weight excluding hydrogens is 218 g/mol. The second kappa shape index (κ2) is 3.84. The summed E-state index contributed by atoms with van der Waals surface area (Å²) in [7, 11) is 0. The molecule has 1 aromatic heterocycles. The molecule has 92 valence electrons. The van der Waals surface area contributed by atoms with Crippen molar-refractivity contribution in [3.8, 4) is 0 Å². The summed E-state index contributed by atoms with van der Waals surface area (Å²) in [6.07, 6.45) is 2.82. The van der Waals surface area contributed by atoms with E-state index in [1.165, 1.54) is 0 Å². The lowest BCUT2D eigenvalue weighted by atomic mass is 10.1. The Kier molecular flexibility index (Phi) is 2.43. The third kappa shape index (κ3) is 1.84. The molecule has 5 nitrogen and oxygen atoms in total. The van der Waals surface area contributed by atoms with Crippen LogP contribution in [0.5, 0.6) is 0 Å². The highest BCUT2D eigenvalue weighted by atomic mass is 16.5. The maximum absolute atomic E-state index is 12.2. The summed E-state index contributed by atoms with van der Waals surface area (Å²) in [5.74, 6) is 1.04. The van der Waals surface area contributed by atoms with Gasteiger partial charge in [-0.25, -0.2) is 0 Å². The topological polar surface area (TPSA) is 72.4 Å². The van der Waals surface area contributed by atoms with Crippen LogP contribution in [0.15, 0.2) is 10.6 Å². The second-order valence-electron chi connectivity index (χ2n) is 5.07. The molecule has 0 spiro atoms. The maximum atomic E-state index is 12.2. The number of aryl methyl sites for hydroxylation is 1. The van der Waals surface area contributed by atoms with Gasteiger partial charge in [0.05, 0.1) is 17.7 Å². The number of likely N-dealkylation sites (tertiary alicyclic amines) is 1. The van der Waals surface area contributed by atoms with Crippen molar-refractivity contribution in [2.75, 3.05) is 6.54 Å². The number of aromatic nitrogens is 1. The SMILES string of the molecule is Cc1cc(C2CCCN2C(=O)C2CC2N)on1. The van der Waals surface area contributed by atoms with E-state index >= 15 is 0 Å². The van der Waals surface area contributed by atoms with Crippen LogP contribution in [0.4, 0.5) is 0 Å². The van der Waals surface area contributed by atoms with Crippen LogP contribution in [-0.4, -0.2) is 28.6 Å². The van der Waals surface area contributed by atoms with E-state index in [2.05, 4.69) is 5.16 Å². The number of rotatable bonds is 2. The van der Waals surface area contributed by atoms with E-state index in [9.17, 15) is 4.79 Å². The molecule has 1 amide bonds. The largest absolute Gasteiger partial charge is 0.359 e. The average molecular weight is 235 g/mol. The zero-order chi connectivity index (χ0) is 12.0. The van der Waals surface area contributed by atoms with Crippen LogP contribution in [-0.2, 0) is 4.79 Å². The van der Waals surface area contributed by atoms with Crippen molar-refractivity contribution in [1.29, 1.82) is 0 Å². The molecule has 1 aliphatic carbocycles. The second-order valence-corrected chi connectivity index (χ2v) is 5.07. The zero-order valence-corrected chi connectivity index (χ0v) is 9.93. The summed E-state index contributed by atoms with van der Waals surface area (Å²) in [5.41, 5.74) is 6.60. The van der Waals surface area contributed by atoms with Gasteiger partial charge in [-0.15, -0.1) is 0 Å². The van der Waals surface area contributed by atoms with Gasteiger partial charge in [0, 0.05) is 18.7 Å². The Morgan fingerprint density at radius 2 is 2.41 bits per heavy atom. The van der Waals surface area contributed by atoms with E-state index in [-0.39, 0.29) is 23.9 Å². The molecule has 17 heavy (non-hydrogen) atoms. The highest BCUT2D eigenvalue weighted by Gasteiger charge is 2.45. The Morgan fingerprint density at radius 3 is 3.00 bits per heavy atom. The molecule has 1 saturated carbocycles. The molecule has 2 heterocycles. The molecule has 0 bridgehead atoms. The molecule has 5 heteroatoms. The highest BCUT2D eigenvalue weighted by Crippen LogP contribution is 2.38. The Bertz CT molecular complexity index is 443. The van der Waals surface area contributed by atoms with Crippen LogP contribution < -0.4 is 5.73 Å². The van der Waals surface area contributed by atoms with Crippen molar-refractivity contribution < 1.29 is 9.32 Å². The van der Waals surface area contributed by atoms with Gasteiger partial charge in [0.2, 0.25) is 5.91 Å². The number of hydrogen-bond donors (Lipinski definition) is 1. The minimum absolute atomic E-state index is 0.0413. The first-order valence-corrected chi connectivity index (χ1v) is 6.16. The van der Waals surface area contributed by atoms with Gasteiger partial charge < -0.3 is 15.2 Å². The average Bonchev–Trinajstić information content (AvgIpc) is 2.74. The first-order chi connectivity index (χ1) is 8.16. The number of nitrogens with two attached hydrogens (primary N) is 1. The summed E-state index contributed by atoms with van der Waals surface area (Å²) in [4.78, 5) is 14.1. The van der Waals surface area contributed by atoms with Gasteiger partial charge in [0.25, 0.3) is 0 Å². The number of carbonyl (C=O) groups is 1. The third-order valence-electron chi connectivity index (χ3n) is 3.67. The van der Waals surface area contributed by atoms with Gasteiger partial charge in [-0.05, 0) is 26.2 Å². The van der Waals surface area contributed by atoms with E-state index in [0.29, 0.717) is 0 Å². The first-order valence-electron chi connectivity index (χ1n) is 6.16. The Labute approximate surface area is 99.9 Å². The van der Waals surface area contributed by atoms with Crippen molar-refractivity contribution in [2.45, 2.75) is 38.3 Å². The van der Waals surface area contributed by atoms with Crippen molar-refractivity contribution in [3.63, 3.8) is 0 Å². The molecule has 1 saturated heterocycles. The monoisotopic (exact) mass is 235 g/mol. The molecule has 2 fully saturated rings. The van der Waals surface area contributed by atoms with E-state index < -0.39 is 0 Å². The van der Waals surface area contributed by atoms with E-state index in [0.717, 1.165) is 37.3 Å². The lowest BCUT2D eigenvalue weighted by Crippen LogP contribution is -2.33. The predicted octanol–water partition coefficient (Wildman–Crippen LogP) is 0.994. The molecule has 2 aliphatic rings. The minimum atomic E-state index is 0.0413. The molecular formula is C12H17N3O2. The third-order valence-corrected chi connectivity index (χ3v) is 3.67. The van der Waals surface area contributed by atoms with Crippen molar-refractivity contribution in [3.05, 3.63) is 17.5 Å². The van der Waals surface area contributed by atoms with Crippen molar-refractivity contribution in [2.24, 2.45) is 11.7 Å². The summed E-state index contributed by atoms with van der Waals surface area (Å²) < 4.78 is 5.28. The zero-order valence-electron chi connectivity index (χ0n) is 9.93. The number of carbonyl (C=O) groups excluding carboxylic acids is 1. The molecule has 3 rings (SSSR count). The standard InChI is InChI=1S/C12H17N3O2/c1-7-5-11(17-14-7)10-3-2-4-15(10)12(16)8-6-9(8)13/h5,8-10H,2-4,6,13H2,1H3. The van der Waals surface area contributed by atoms with E-state index in [1.54, 1.807) is 0 Å². The quantitative estimate of drug-likeness (QED) is 0.829. The van der Waals surface area contributed by atoms with Gasteiger partial charge >= 0.3 is 0 Å². The molecule has 2 N–H and O–H groups in total. The van der Waals surface area contributed by atoms with E-state index in [4.69, 9.17) is 10.3 Å². The van der Waals surface area contributed by atoms with Gasteiger partial charge in [-0.2, -0.15) is 0 Å². The summed E-state index contributed by atoms with van der Waals surface area (Å²) in [5, 5.41) is 3.89. The Morgan fingerprint density at radius 1 is 1.65 bits per heavy atom. The molecule has 3 atom stereocenters. The smallest absolute Gasteiger partial charge is 0.227 e. The molecule has 1 aliphatic heterocycles. The van der Waals surface area contributed by atoms with E-state index in [1.807, 2.05) is 17.9 Å². The van der Waals surface area contributed by atoms with Crippen LogP contribution in [0.3, 0.4) is 0 Å². The van der Waals surface area contributed by atoms with Crippen LogP contribution in [0.2, 0.25) is 0 Å². The fraction of sp³-hybridized carbons (Fsp3) is 0.667. The predicted molar refractivity (Wildman–Crippen MR) is 61.0 cm³/mol. The van der Waals surface area contributed by atoms with Crippen LogP contribution >= 0.6 is 0 Å². The molecule has 0 radical (unpaired) electrons. The minimum Gasteiger partial charge on any atom is -0.359 e. The van der Waals surface area contributed by atoms with Gasteiger partial charge in [-0.1, -0.05) is 5.16 Å².